The molecule has 0 bridgehead atoms. The molecule has 0 aromatic carbocycles. The number of nitrogens with two attached hydrogens (primary N) is 1. The van der Waals surface area contributed by atoms with E-state index in [-0.39, 0.29) is 5.56 Å². The third-order valence-electron chi connectivity index (χ3n) is 1.77. The van der Waals surface area contributed by atoms with Crippen molar-refractivity contribution in [3.63, 3.8) is 0 Å². The molecular formula is C6H6IN5O. The molecule has 7 heteroatoms. The van der Waals surface area contributed by atoms with Crippen molar-refractivity contribution in [2.75, 3.05) is 5.73 Å². The Kier molecular flexibility index (Phi) is 1.75. The summed E-state index contributed by atoms with van der Waals surface area (Å²) in [5.41, 5.74) is 6.48. The van der Waals surface area contributed by atoms with E-state index in [2.05, 4.69) is 15.3 Å². The van der Waals surface area contributed by atoms with Crippen molar-refractivity contribution in [3.05, 3.63) is 16.0 Å². The first-order valence-corrected chi connectivity index (χ1v) is 4.47. The first-order valence-electron chi connectivity index (χ1n) is 3.51. The molecule has 13 heavy (non-hydrogen) atoms. The summed E-state index contributed by atoms with van der Waals surface area (Å²) in [6, 6.07) is 0. The van der Waals surface area contributed by atoms with Gasteiger partial charge in [0.15, 0.2) is 11.3 Å². The number of nitrogens with zero attached hydrogens (tertiary/aromatic N) is 3. The Morgan fingerprint density at radius 1 is 1.62 bits per heavy atom. The molecule has 2 rings (SSSR count). The van der Waals surface area contributed by atoms with Crippen LogP contribution in [-0.2, 0) is 0 Å². The van der Waals surface area contributed by atoms with E-state index in [1.54, 1.807) is 6.92 Å². The summed E-state index contributed by atoms with van der Waals surface area (Å²) in [6.07, 6.45) is 0. The maximum absolute atomic E-state index is 11.3. The summed E-state index contributed by atoms with van der Waals surface area (Å²) < 4.78 is 1.47. The minimum absolute atomic E-state index is 0.279. The predicted octanol–water partition coefficient (Wildman–Crippen LogP) is 0.208. The number of hydrogen-bond donors (Lipinski definition) is 2. The van der Waals surface area contributed by atoms with E-state index >= 15 is 0 Å². The van der Waals surface area contributed by atoms with Gasteiger partial charge >= 0.3 is 0 Å². The van der Waals surface area contributed by atoms with Crippen molar-refractivity contribution in [3.8, 4) is 0 Å². The Bertz CT molecular complexity index is 528. The number of fused-ring (bicyclic) bond motifs is 1. The molecule has 0 unspecified atom stereocenters. The summed E-state index contributed by atoms with van der Waals surface area (Å²) in [5.74, 6) is 0.301. The van der Waals surface area contributed by atoms with Crippen molar-refractivity contribution >= 4 is 39.6 Å². The van der Waals surface area contributed by atoms with Crippen LogP contribution in [0.2, 0.25) is 0 Å². The maximum Gasteiger partial charge on any atom is 0.291 e. The third-order valence-corrected chi connectivity index (χ3v) is 2.47. The molecule has 2 heterocycles. The molecule has 0 aliphatic rings. The van der Waals surface area contributed by atoms with Crippen LogP contribution in [0.1, 0.15) is 5.69 Å². The van der Waals surface area contributed by atoms with E-state index in [4.69, 9.17) is 5.73 Å². The van der Waals surface area contributed by atoms with Gasteiger partial charge in [-0.05, 0) is 6.92 Å². The number of nitrogen functional groups attached to an aromatic ring is 1. The van der Waals surface area contributed by atoms with Gasteiger partial charge in [-0.3, -0.25) is 4.79 Å². The number of rotatable bonds is 0. The largest absolute Gasteiger partial charge is 0.382 e. The molecule has 2 aromatic rings. The monoisotopic (exact) mass is 291 g/mol. The Morgan fingerprint density at radius 3 is 2.92 bits per heavy atom. The number of halogens is 1. The topological polar surface area (TPSA) is 89.6 Å². The molecule has 68 valence electrons. The van der Waals surface area contributed by atoms with E-state index in [0.717, 1.165) is 0 Å². The number of nitrogens with one attached hydrogen (secondary N) is 1. The van der Waals surface area contributed by atoms with Gasteiger partial charge in [0.05, 0.1) is 33.9 Å². The summed E-state index contributed by atoms with van der Waals surface area (Å²) in [4.78, 5) is 11.3. The Labute approximate surface area is 86.6 Å². The van der Waals surface area contributed by atoms with Crippen LogP contribution in [0.15, 0.2) is 4.79 Å². The van der Waals surface area contributed by atoms with Crippen LogP contribution in [0, 0.1) is 6.92 Å². The molecule has 0 atom stereocenters. The van der Waals surface area contributed by atoms with Gasteiger partial charge in [0.1, 0.15) is 0 Å². The molecule has 0 amide bonds. The fraction of sp³-hybridized carbons (Fsp3) is 0.167. The highest BCUT2D eigenvalue weighted by molar-refractivity contribution is 14.1. The lowest BCUT2D eigenvalue weighted by Crippen LogP contribution is -2.11. The molecule has 0 saturated heterocycles. The first kappa shape index (κ1) is 8.48. The van der Waals surface area contributed by atoms with Crippen LogP contribution in [0.4, 0.5) is 5.82 Å². The highest BCUT2D eigenvalue weighted by Crippen LogP contribution is 2.19. The van der Waals surface area contributed by atoms with Gasteiger partial charge < -0.3 is 5.73 Å². The van der Waals surface area contributed by atoms with Gasteiger partial charge in [-0.15, -0.1) is 0 Å². The second-order valence-corrected chi connectivity index (χ2v) is 3.52. The van der Waals surface area contributed by atoms with Crippen LogP contribution in [0.25, 0.3) is 10.9 Å². The second-order valence-electron chi connectivity index (χ2n) is 2.61. The van der Waals surface area contributed by atoms with Crippen molar-refractivity contribution in [1.82, 2.24) is 18.2 Å². The lowest BCUT2D eigenvalue weighted by molar-refractivity contribution is 0.999. The van der Waals surface area contributed by atoms with Crippen LogP contribution in [0.5, 0.6) is 0 Å². The zero-order valence-electron chi connectivity index (χ0n) is 6.71. The van der Waals surface area contributed by atoms with Crippen LogP contribution >= 0.6 is 22.9 Å². The van der Waals surface area contributed by atoms with Crippen LogP contribution in [0.3, 0.4) is 0 Å². The number of anilines is 1. The van der Waals surface area contributed by atoms with Gasteiger partial charge in [0.2, 0.25) is 0 Å². The minimum Gasteiger partial charge on any atom is -0.382 e. The van der Waals surface area contributed by atoms with Gasteiger partial charge in [0.25, 0.3) is 5.56 Å². The van der Waals surface area contributed by atoms with Crippen LogP contribution in [-0.4, -0.2) is 18.2 Å². The SMILES string of the molecule is Cc1nn(I)c2c(=O)[nH]nc(N)c12. The molecule has 0 fully saturated rings. The summed E-state index contributed by atoms with van der Waals surface area (Å²) in [5, 5.41) is 10.7. The molecule has 0 aliphatic carbocycles. The zero-order valence-corrected chi connectivity index (χ0v) is 8.86. The highest BCUT2D eigenvalue weighted by Gasteiger charge is 2.12. The summed E-state index contributed by atoms with van der Waals surface area (Å²) in [6.45, 7) is 1.79. The fourth-order valence-electron chi connectivity index (χ4n) is 1.22. The van der Waals surface area contributed by atoms with Gasteiger partial charge in [-0.2, -0.15) is 13.1 Å². The van der Waals surface area contributed by atoms with Crippen molar-refractivity contribution in [2.24, 2.45) is 0 Å². The average molecular weight is 291 g/mol. The Morgan fingerprint density at radius 2 is 2.31 bits per heavy atom. The van der Waals surface area contributed by atoms with Crippen molar-refractivity contribution in [2.45, 2.75) is 6.92 Å². The average Bonchev–Trinajstić information content (AvgIpc) is 2.36. The number of H-pyrrole nitrogens is 1. The lowest BCUT2D eigenvalue weighted by atomic mass is 10.3. The lowest BCUT2D eigenvalue weighted by Gasteiger charge is -1.93. The molecule has 0 saturated carbocycles. The number of aryl methyl sites for hydroxylation is 1. The highest BCUT2D eigenvalue weighted by atomic mass is 127. The summed E-state index contributed by atoms with van der Waals surface area (Å²) in [7, 11) is 0. The van der Waals surface area contributed by atoms with Gasteiger partial charge in [0, 0.05) is 0 Å². The zero-order chi connectivity index (χ0) is 9.59. The number of aromatic nitrogens is 4. The minimum atomic E-state index is -0.279. The van der Waals surface area contributed by atoms with E-state index in [9.17, 15) is 4.79 Å². The van der Waals surface area contributed by atoms with E-state index in [1.807, 2.05) is 22.9 Å². The Balaban J connectivity index is 3.12. The maximum atomic E-state index is 11.3. The molecule has 3 N–H and O–H groups in total. The quantitative estimate of drug-likeness (QED) is 0.679. The fourth-order valence-corrected chi connectivity index (χ4v) is 2.00. The Hall–Kier alpha value is -1.12. The van der Waals surface area contributed by atoms with E-state index in [0.29, 0.717) is 22.4 Å². The standard InChI is InChI=1S/C6H6IN5O/c1-2-3-4(12(7)11-2)6(13)10-9-5(3)8/h1H3,(H2,8,9)(H,10,13). The number of aromatic amines is 1. The molecule has 0 aliphatic heterocycles. The van der Waals surface area contributed by atoms with Crippen LogP contribution < -0.4 is 11.3 Å². The molecule has 2 aromatic heterocycles. The molecule has 0 radical (unpaired) electrons. The molecular weight excluding hydrogens is 285 g/mol. The third kappa shape index (κ3) is 1.10. The molecule has 6 nitrogen and oxygen atoms in total. The van der Waals surface area contributed by atoms with E-state index in [1.165, 1.54) is 2.90 Å². The summed E-state index contributed by atoms with van der Waals surface area (Å²) >= 11 is 1.92. The van der Waals surface area contributed by atoms with Gasteiger partial charge in [-0.1, -0.05) is 0 Å². The van der Waals surface area contributed by atoms with Gasteiger partial charge in [-0.25, -0.2) is 5.10 Å². The second kappa shape index (κ2) is 2.69. The normalized spacial score (nSPS) is 10.9. The molecule has 0 spiro atoms. The van der Waals surface area contributed by atoms with E-state index < -0.39 is 0 Å². The first-order chi connectivity index (χ1) is 6.11. The number of hydrogen-bond acceptors (Lipinski definition) is 4. The van der Waals surface area contributed by atoms with Crippen molar-refractivity contribution < 1.29 is 0 Å². The van der Waals surface area contributed by atoms with Crippen molar-refractivity contribution in [1.29, 1.82) is 0 Å². The smallest absolute Gasteiger partial charge is 0.291 e. The predicted molar refractivity (Wildman–Crippen MR) is 56.7 cm³/mol.